The first-order valence-electron chi connectivity index (χ1n) is 8.59. The van der Waals surface area contributed by atoms with E-state index in [1.54, 1.807) is 0 Å². The fourth-order valence-corrected chi connectivity index (χ4v) is 3.72. The van der Waals surface area contributed by atoms with Crippen LogP contribution in [-0.4, -0.2) is 10.5 Å². The number of nitrogens with one attached hydrogen (secondary N) is 1. The molecule has 0 aliphatic carbocycles. The molecule has 2 aromatic carbocycles. The summed E-state index contributed by atoms with van der Waals surface area (Å²) in [5.74, 6) is -2.45. The number of hydrogen-bond donors (Lipinski definition) is 1. The van der Waals surface area contributed by atoms with E-state index in [9.17, 15) is 13.6 Å². The Morgan fingerprint density at radius 1 is 1.00 bits per heavy atom. The van der Waals surface area contributed by atoms with Crippen molar-refractivity contribution in [1.82, 2.24) is 4.57 Å². The summed E-state index contributed by atoms with van der Waals surface area (Å²) in [5.41, 5.74) is 2.42. The second kappa shape index (κ2) is 6.75. The summed E-state index contributed by atoms with van der Waals surface area (Å²) in [4.78, 5) is 12.9. The number of fused-ring (bicyclic) bond motifs is 1. The van der Waals surface area contributed by atoms with Gasteiger partial charge in [-0.15, -0.1) is 0 Å². The molecule has 1 aliphatic rings. The number of aromatic nitrogens is 1. The lowest BCUT2D eigenvalue weighted by atomic mass is 9.79. The normalized spacial score (nSPS) is 19.0. The molecule has 0 spiro atoms. The number of aryl methyl sites for hydroxylation is 1. The minimum atomic E-state index is -0.972. The number of anilines is 1. The van der Waals surface area contributed by atoms with E-state index in [1.165, 1.54) is 6.07 Å². The second-order valence-corrected chi connectivity index (χ2v) is 6.53. The van der Waals surface area contributed by atoms with Crippen molar-refractivity contribution in [3.8, 4) is 0 Å². The highest BCUT2D eigenvalue weighted by Crippen LogP contribution is 2.39. The molecule has 2 unspecified atom stereocenters. The smallest absolute Gasteiger partial charge is 0.228 e. The van der Waals surface area contributed by atoms with E-state index in [1.807, 2.05) is 48.7 Å². The lowest BCUT2D eigenvalue weighted by Crippen LogP contribution is -2.34. The molecule has 1 amide bonds. The van der Waals surface area contributed by atoms with E-state index in [0.717, 1.165) is 29.9 Å². The summed E-state index contributed by atoms with van der Waals surface area (Å²) in [7, 11) is 0. The highest BCUT2D eigenvalue weighted by Gasteiger charge is 2.35. The van der Waals surface area contributed by atoms with E-state index >= 15 is 0 Å². The molecule has 2 atom stereocenters. The quantitative estimate of drug-likeness (QED) is 0.737. The summed E-state index contributed by atoms with van der Waals surface area (Å²) in [5, 5.41) is 2.75. The zero-order valence-corrected chi connectivity index (χ0v) is 14.0. The summed E-state index contributed by atoms with van der Waals surface area (Å²) in [6, 6.07) is 17.3. The maximum Gasteiger partial charge on any atom is 0.228 e. The van der Waals surface area contributed by atoms with Gasteiger partial charge in [0.2, 0.25) is 5.91 Å². The minimum absolute atomic E-state index is 0.0785. The molecular formula is C21H18F2N2O. The second-order valence-electron chi connectivity index (χ2n) is 6.53. The van der Waals surface area contributed by atoms with Gasteiger partial charge in [0.1, 0.15) is 0 Å². The largest absolute Gasteiger partial charge is 0.351 e. The third-order valence-corrected chi connectivity index (χ3v) is 4.95. The monoisotopic (exact) mass is 352 g/mol. The van der Waals surface area contributed by atoms with Crippen LogP contribution < -0.4 is 5.32 Å². The fraction of sp³-hybridized carbons (Fsp3) is 0.190. The van der Waals surface area contributed by atoms with E-state index in [-0.39, 0.29) is 23.4 Å². The maximum absolute atomic E-state index is 13.4. The molecule has 0 bridgehead atoms. The Labute approximate surface area is 150 Å². The van der Waals surface area contributed by atoms with Gasteiger partial charge in [-0.1, -0.05) is 30.3 Å². The summed E-state index contributed by atoms with van der Waals surface area (Å²) in [6.45, 7) is 0.752. The van der Waals surface area contributed by atoms with Gasteiger partial charge in [-0.25, -0.2) is 8.78 Å². The number of rotatable bonds is 3. The first-order chi connectivity index (χ1) is 12.6. The lowest BCUT2D eigenvalue weighted by molar-refractivity contribution is -0.120. The SMILES string of the molecule is O=C(Nc1ccc(F)c(F)c1)C1CCn2cccc2C1c1ccccc1. The topological polar surface area (TPSA) is 34.0 Å². The summed E-state index contributed by atoms with van der Waals surface area (Å²) >= 11 is 0. The first kappa shape index (κ1) is 16.5. The van der Waals surface area contributed by atoms with Gasteiger partial charge in [0, 0.05) is 36.1 Å². The van der Waals surface area contributed by atoms with Crippen LogP contribution in [-0.2, 0) is 11.3 Å². The average Bonchev–Trinajstić information content (AvgIpc) is 3.13. The Balaban J connectivity index is 1.65. The van der Waals surface area contributed by atoms with Gasteiger partial charge < -0.3 is 9.88 Å². The zero-order chi connectivity index (χ0) is 18.1. The third-order valence-electron chi connectivity index (χ3n) is 4.95. The van der Waals surface area contributed by atoms with E-state index < -0.39 is 11.6 Å². The molecule has 3 nitrogen and oxygen atoms in total. The van der Waals surface area contributed by atoms with Gasteiger partial charge in [-0.3, -0.25) is 4.79 Å². The van der Waals surface area contributed by atoms with Crippen LogP contribution in [0.3, 0.4) is 0 Å². The van der Waals surface area contributed by atoms with Gasteiger partial charge in [0.15, 0.2) is 11.6 Å². The molecule has 0 saturated carbocycles. The van der Waals surface area contributed by atoms with Crippen molar-refractivity contribution in [3.63, 3.8) is 0 Å². The molecule has 1 N–H and O–H groups in total. The van der Waals surface area contributed by atoms with Crippen LogP contribution in [0.2, 0.25) is 0 Å². The number of hydrogen-bond acceptors (Lipinski definition) is 1. The van der Waals surface area contributed by atoms with Crippen LogP contribution in [0.4, 0.5) is 14.5 Å². The average molecular weight is 352 g/mol. The van der Waals surface area contributed by atoms with E-state index in [4.69, 9.17) is 0 Å². The van der Waals surface area contributed by atoms with Crippen molar-refractivity contribution in [2.75, 3.05) is 5.32 Å². The van der Waals surface area contributed by atoms with Gasteiger partial charge >= 0.3 is 0 Å². The molecular weight excluding hydrogens is 334 g/mol. The molecule has 1 aliphatic heterocycles. The van der Waals surface area contributed by atoms with Crippen molar-refractivity contribution in [2.45, 2.75) is 18.9 Å². The minimum Gasteiger partial charge on any atom is -0.351 e. The third kappa shape index (κ3) is 3.01. The molecule has 0 radical (unpaired) electrons. The maximum atomic E-state index is 13.4. The molecule has 3 aromatic rings. The van der Waals surface area contributed by atoms with Crippen molar-refractivity contribution < 1.29 is 13.6 Å². The van der Waals surface area contributed by atoms with E-state index in [0.29, 0.717) is 6.42 Å². The number of nitrogens with zero attached hydrogens (tertiary/aromatic N) is 1. The molecule has 132 valence electrons. The summed E-state index contributed by atoms with van der Waals surface area (Å²) < 4.78 is 28.7. The van der Waals surface area contributed by atoms with Crippen molar-refractivity contribution in [3.05, 3.63) is 89.8 Å². The Kier molecular flexibility index (Phi) is 4.29. The van der Waals surface area contributed by atoms with Crippen LogP contribution in [0.25, 0.3) is 0 Å². The standard InChI is InChI=1S/C21H18F2N2O/c22-17-9-8-15(13-18(17)23)24-21(26)16-10-12-25-11-4-7-19(25)20(16)14-5-2-1-3-6-14/h1-9,11,13,16,20H,10,12H2,(H,24,26). The van der Waals surface area contributed by atoms with Gasteiger partial charge in [-0.2, -0.15) is 0 Å². The van der Waals surface area contributed by atoms with E-state index in [2.05, 4.69) is 9.88 Å². The lowest BCUT2D eigenvalue weighted by Gasteiger charge is -2.33. The number of amides is 1. The zero-order valence-electron chi connectivity index (χ0n) is 14.0. The molecule has 5 heteroatoms. The van der Waals surface area contributed by atoms with Gasteiger partial charge in [-0.05, 0) is 36.2 Å². The Morgan fingerprint density at radius 3 is 2.58 bits per heavy atom. The molecule has 0 fully saturated rings. The number of halogens is 2. The Morgan fingerprint density at radius 2 is 1.81 bits per heavy atom. The predicted molar refractivity (Wildman–Crippen MR) is 95.8 cm³/mol. The van der Waals surface area contributed by atoms with Crippen molar-refractivity contribution in [1.29, 1.82) is 0 Å². The molecule has 4 rings (SSSR count). The fourth-order valence-electron chi connectivity index (χ4n) is 3.72. The van der Waals surface area contributed by atoms with Crippen molar-refractivity contribution in [2.24, 2.45) is 5.92 Å². The summed E-state index contributed by atoms with van der Waals surface area (Å²) in [6.07, 6.45) is 2.70. The number of carbonyl (C=O) groups is 1. The predicted octanol–water partition coefficient (Wildman–Crippen LogP) is 4.56. The van der Waals surface area contributed by atoms with Gasteiger partial charge in [0.25, 0.3) is 0 Å². The molecule has 0 saturated heterocycles. The number of benzene rings is 2. The Hall–Kier alpha value is -2.95. The number of carbonyl (C=O) groups excluding carboxylic acids is 1. The van der Waals surface area contributed by atoms with Crippen LogP contribution in [0, 0.1) is 17.6 Å². The van der Waals surface area contributed by atoms with Crippen LogP contribution in [0.15, 0.2) is 66.9 Å². The first-order valence-corrected chi connectivity index (χ1v) is 8.59. The molecule has 26 heavy (non-hydrogen) atoms. The van der Waals surface area contributed by atoms with Gasteiger partial charge in [0.05, 0.1) is 5.92 Å². The Bertz CT molecular complexity index is 936. The van der Waals surface area contributed by atoms with Crippen LogP contribution in [0.1, 0.15) is 23.6 Å². The van der Waals surface area contributed by atoms with Crippen LogP contribution in [0.5, 0.6) is 0 Å². The molecule has 1 aromatic heterocycles. The highest BCUT2D eigenvalue weighted by atomic mass is 19.2. The molecule has 2 heterocycles. The van der Waals surface area contributed by atoms with Crippen molar-refractivity contribution >= 4 is 11.6 Å². The van der Waals surface area contributed by atoms with Crippen LogP contribution >= 0.6 is 0 Å². The highest BCUT2D eigenvalue weighted by molar-refractivity contribution is 5.93.